The van der Waals surface area contributed by atoms with Crippen LogP contribution in [-0.4, -0.2) is 61.4 Å². The number of piperazine rings is 1. The van der Waals surface area contributed by atoms with Crippen molar-refractivity contribution in [1.82, 2.24) is 24.4 Å². The van der Waals surface area contributed by atoms with E-state index in [0.29, 0.717) is 28.1 Å². The van der Waals surface area contributed by atoms with E-state index in [1.807, 2.05) is 27.7 Å². The summed E-state index contributed by atoms with van der Waals surface area (Å²) in [6.45, 7) is 13.2. The van der Waals surface area contributed by atoms with Gasteiger partial charge in [-0.1, -0.05) is 26.5 Å². The lowest BCUT2D eigenvalue weighted by atomic mass is 9.98. The van der Waals surface area contributed by atoms with Gasteiger partial charge in [0.05, 0.1) is 34.7 Å². The van der Waals surface area contributed by atoms with E-state index in [1.165, 1.54) is 16.7 Å². The maximum atomic E-state index is 16.5. The highest BCUT2D eigenvalue weighted by Crippen LogP contribution is 2.42. The van der Waals surface area contributed by atoms with Gasteiger partial charge in [0.2, 0.25) is 11.8 Å². The standard InChI is InChI=1S/C34H32FN7O5/c1-7-23(43)40-14-22-32(44)39-27-29(41(22)13-18(40)6)19-12-20(35)26(24-16(4)8-9-21-30(24)47-34(46)37-21)38-31(19)42(33(27)45)28-17(5)10-11-36-25(28)15(2)3/h7-12,15,18,22H,1,13-14H2,2-6H3,(H,37,46)(H,39,44). The highest BCUT2D eigenvalue weighted by Gasteiger charge is 2.44. The van der Waals surface area contributed by atoms with Gasteiger partial charge in [0.25, 0.3) is 5.56 Å². The maximum Gasteiger partial charge on any atom is 0.417 e. The number of fused-ring (bicyclic) bond motifs is 6. The van der Waals surface area contributed by atoms with E-state index in [0.717, 1.165) is 5.56 Å². The number of nitrogens with one attached hydrogen (secondary N) is 2. The number of amides is 2. The number of oxazole rings is 1. The van der Waals surface area contributed by atoms with E-state index < -0.39 is 29.1 Å². The van der Waals surface area contributed by atoms with Gasteiger partial charge in [-0.3, -0.25) is 28.9 Å². The topological polar surface area (TPSA) is 146 Å². The largest absolute Gasteiger partial charge is 0.417 e. The number of carbonyl (C=O) groups is 2. The van der Waals surface area contributed by atoms with Crippen LogP contribution >= 0.6 is 0 Å². The van der Waals surface area contributed by atoms with Crippen LogP contribution in [0.5, 0.6) is 0 Å². The molecule has 2 aliphatic heterocycles. The number of hydrogen-bond donors (Lipinski definition) is 2. The molecule has 4 aromatic heterocycles. The van der Waals surface area contributed by atoms with Crippen LogP contribution in [0.25, 0.3) is 39.1 Å². The minimum atomic E-state index is -0.847. The van der Waals surface area contributed by atoms with Crippen molar-refractivity contribution in [2.24, 2.45) is 0 Å². The van der Waals surface area contributed by atoms with Gasteiger partial charge in [-0.05, 0) is 62.1 Å². The number of benzene rings is 1. The van der Waals surface area contributed by atoms with E-state index in [4.69, 9.17) is 9.40 Å². The number of aromatic nitrogens is 4. The molecule has 1 fully saturated rings. The van der Waals surface area contributed by atoms with Crippen molar-refractivity contribution in [1.29, 1.82) is 0 Å². The van der Waals surface area contributed by atoms with Crippen molar-refractivity contribution in [3.63, 3.8) is 0 Å². The van der Waals surface area contributed by atoms with Crippen LogP contribution in [0.4, 0.5) is 15.8 Å². The number of pyridine rings is 3. The molecule has 240 valence electrons. The molecule has 13 heteroatoms. The average Bonchev–Trinajstić information content (AvgIpc) is 3.41. The fraction of sp³-hybridized carbons (Fsp3) is 0.294. The molecule has 0 saturated carbocycles. The molecule has 0 radical (unpaired) electrons. The molecular formula is C34H32FN7O5. The number of aromatic amines is 1. The van der Waals surface area contributed by atoms with E-state index in [-0.39, 0.29) is 64.5 Å². The second-order valence-electron chi connectivity index (χ2n) is 12.4. The lowest BCUT2D eigenvalue weighted by Gasteiger charge is -2.48. The molecule has 0 bridgehead atoms. The first-order valence-electron chi connectivity index (χ1n) is 15.3. The van der Waals surface area contributed by atoms with Crippen molar-refractivity contribution in [3.8, 4) is 16.9 Å². The lowest BCUT2D eigenvalue weighted by molar-refractivity contribution is -0.130. The van der Waals surface area contributed by atoms with Crippen molar-refractivity contribution in [2.75, 3.05) is 23.3 Å². The number of carbonyl (C=O) groups excluding carboxylic acids is 2. The van der Waals surface area contributed by atoms with Crippen LogP contribution in [0.1, 0.15) is 43.5 Å². The summed E-state index contributed by atoms with van der Waals surface area (Å²) in [4.78, 5) is 68.5. The molecule has 6 heterocycles. The van der Waals surface area contributed by atoms with Gasteiger partial charge in [0.1, 0.15) is 23.2 Å². The van der Waals surface area contributed by atoms with E-state index in [1.54, 1.807) is 41.1 Å². The molecule has 1 saturated heterocycles. The summed E-state index contributed by atoms with van der Waals surface area (Å²) in [5.74, 6) is -2.31. The Kier molecular flexibility index (Phi) is 6.88. The van der Waals surface area contributed by atoms with E-state index in [2.05, 4.69) is 21.9 Å². The zero-order chi connectivity index (χ0) is 33.5. The molecule has 2 aliphatic rings. The van der Waals surface area contributed by atoms with E-state index in [9.17, 15) is 19.2 Å². The molecule has 0 spiro atoms. The fourth-order valence-corrected chi connectivity index (χ4v) is 6.83. The van der Waals surface area contributed by atoms with Crippen LogP contribution in [-0.2, 0) is 9.59 Å². The highest BCUT2D eigenvalue weighted by atomic mass is 19.1. The van der Waals surface area contributed by atoms with Crippen LogP contribution in [0.15, 0.2) is 57.1 Å². The van der Waals surface area contributed by atoms with Gasteiger partial charge in [-0.2, -0.15) is 0 Å². The third-order valence-electron chi connectivity index (χ3n) is 9.07. The Bertz CT molecular complexity index is 2300. The Hall–Kier alpha value is -5.59. The first kappa shape index (κ1) is 30.1. The summed E-state index contributed by atoms with van der Waals surface area (Å²) in [5, 5.41) is 3.07. The van der Waals surface area contributed by atoms with Gasteiger partial charge in [-0.15, -0.1) is 0 Å². The Balaban J connectivity index is 1.60. The van der Waals surface area contributed by atoms with Crippen molar-refractivity contribution in [2.45, 2.75) is 52.6 Å². The molecule has 2 amide bonds. The predicted octanol–water partition coefficient (Wildman–Crippen LogP) is 4.31. The second kappa shape index (κ2) is 10.7. The average molecular weight is 638 g/mol. The van der Waals surface area contributed by atoms with Crippen molar-refractivity contribution >= 4 is 45.3 Å². The van der Waals surface area contributed by atoms with Crippen LogP contribution in [0, 0.1) is 19.7 Å². The predicted molar refractivity (Wildman–Crippen MR) is 176 cm³/mol. The molecule has 0 aliphatic carbocycles. The molecule has 7 rings (SSSR count). The number of H-pyrrole nitrogens is 1. The maximum absolute atomic E-state index is 16.5. The Morgan fingerprint density at radius 2 is 1.89 bits per heavy atom. The van der Waals surface area contributed by atoms with Crippen LogP contribution in [0.3, 0.4) is 0 Å². The summed E-state index contributed by atoms with van der Waals surface area (Å²) in [6, 6.07) is 5.27. The Morgan fingerprint density at radius 3 is 2.62 bits per heavy atom. The fourth-order valence-electron chi connectivity index (χ4n) is 6.83. The molecule has 2 atom stereocenters. The number of aryl methyl sites for hydroxylation is 2. The first-order chi connectivity index (χ1) is 22.4. The summed E-state index contributed by atoms with van der Waals surface area (Å²) in [7, 11) is 0. The SMILES string of the molecule is C=CC(=O)N1CC2C(=O)Nc3c(c4cc(F)c(-c5c(C)ccc6[nH]c(=O)oc56)nc4n(-c4c(C)ccnc4C(C)C)c3=O)N2CC1C. The normalized spacial score (nSPS) is 17.6. The van der Waals surface area contributed by atoms with E-state index >= 15 is 4.39 Å². The third-order valence-corrected chi connectivity index (χ3v) is 9.07. The molecule has 5 aromatic rings. The zero-order valence-electron chi connectivity index (χ0n) is 26.5. The number of anilines is 2. The minimum absolute atomic E-state index is 0.0173. The number of hydrogen-bond acceptors (Lipinski definition) is 8. The third kappa shape index (κ3) is 4.48. The summed E-state index contributed by atoms with van der Waals surface area (Å²) in [6.07, 6.45) is 2.86. The van der Waals surface area contributed by atoms with Crippen LogP contribution in [0.2, 0.25) is 0 Å². The van der Waals surface area contributed by atoms with Gasteiger partial charge in [0.15, 0.2) is 11.2 Å². The quantitative estimate of drug-likeness (QED) is 0.277. The highest BCUT2D eigenvalue weighted by molar-refractivity contribution is 6.11. The molecule has 12 nitrogen and oxygen atoms in total. The molecule has 1 aromatic carbocycles. The lowest BCUT2D eigenvalue weighted by Crippen LogP contribution is -2.64. The Morgan fingerprint density at radius 1 is 1.13 bits per heavy atom. The van der Waals surface area contributed by atoms with Gasteiger partial charge < -0.3 is 19.5 Å². The number of halogens is 1. The number of nitrogens with zero attached hydrogens (tertiary/aromatic N) is 5. The Labute approximate surface area is 267 Å². The second-order valence-corrected chi connectivity index (χ2v) is 12.4. The van der Waals surface area contributed by atoms with Crippen molar-refractivity contribution in [3.05, 3.63) is 86.7 Å². The van der Waals surface area contributed by atoms with Gasteiger partial charge >= 0.3 is 5.76 Å². The van der Waals surface area contributed by atoms with Crippen LogP contribution < -0.4 is 21.5 Å². The summed E-state index contributed by atoms with van der Waals surface area (Å²) >= 11 is 0. The van der Waals surface area contributed by atoms with Gasteiger partial charge in [-0.25, -0.2) is 14.2 Å². The minimum Gasteiger partial charge on any atom is -0.407 e. The molecule has 2 unspecified atom stereocenters. The molecular weight excluding hydrogens is 605 g/mol. The van der Waals surface area contributed by atoms with Crippen molar-refractivity contribution < 1.29 is 18.4 Å². The first-order valence-corrected chi connectivity index (χ1v) is 15.3. The monoisotopic (exact) mass is 637 g/mol. The smallest absolute Gasteiger partial charge is 0.407 e. The zero-order valence-corrected chi connectivity index (χ0v) is 26.5. The molecule has 47 heavy (non-hydrogen) atoms. The molecule has 2 N–H and O–H groups in total. The summed E-state index contributed by atoms with van der Waals surface area (Å²) < 4.78 is 23.4. The van der Waals surface area contributed by atoms with Gasteiger partial charge in [0, 0.05) is 24.2 Å². The number of rotatable bonds is 4. The summed E-state index contributed by atoms with van der Waals surface area (Å²) in [5.41, 5.74) is 2.92.